The first-order valence-corrected chi connectivity index (χ1v) is 15.0. The first kappa shape index (κ1) is 25.3. The van der Waals surface area contributed by atoms with Crippen molar-refractivity contribution in [3.8, 4) is 0 Å². The zero-order valence-electron chi connectivity index (χ0n) is 18.6. The van der Waals surface area contributed by atoms with Crippen LogP contribution in [0.25, 0.3) is 0 Å². The molecular weight excluding hydrogens is 348 g/mol. The van der Waals surface area contributed by atoms with E-state index in [0.29, 0.717) is 0 Å². The summed E-state index contributed by atoms with van der Waals surface area (Å²) in [5.74, 6) is 0. The minimum absolute atomic E-state index is 0.242. The molecule has 6 heteroatoms. The number of hydrogen-bond donors (Lipinski definition) is 0. The van der Waals surface area contributed by atoms with Gasteiger partial charge in [0.2, 0.25) is 0 Å². The molecule has 0 aromatic heterocycles. The molecule has 152 valence electrons. The van der Waals surface area contributed by atoms with Gasteiger partial charge in [-0.25, -0.2) is 0 Å². The molecule has 0 aliphatic carbocycles. The normalized spacial score (nSPS) is 14.2. The lowest BCUT2D eigenvalue weighted by Crippen LogP contribution is -2.56. The average molecular weight is 393 g/mol. The summed E-state index contributed by atoms with van der Waals surface area (Å²) < 4.78 is 25.7. The van der Waals surface area contributed by atoms with Gasteiger partial charge in [-0.3, -0.25) is 0 Å². The molecule has 0 unspecified atom stereocenters. The van der Waals surface area contributed by atoms with Gasteiger partial charge < -0.3 is 17.7 Å². The maximum absolute atomic E-state index is 6.50. The topological polar surface area (TPSA) is 36.9 Å². The lowest BCUT2D eigenvalue weighted by Gasteiger charge is -2.42. The molecule has 0 spiro atoms. The van der Waals surface area contributed by atoms with Crippen molar-refractivity contribution in [3.05, 3.63) is 0 Å². The quantitative estimate of drug-likeness (QED) is 0.304. The fourth-order valence-electron chi connectivity index (χ4n) is 2.98. The van der Waals surface area contributed by atoms with Crippen molar-refractivity contribution in [1.82, 2.24) is 0 Å². The molecule has 0 saturated heterocycles. The van der Waals surface area contributed by atoms with Crippen LogP contribution in [0, 0.1) is 0 Å². The summed E-state index contributed by atoms with van der Waals surface area (Å²) in [5.41, 5.74) is 0.310. The summed E-state index contributed by atoms with van der Waals surface area (Å²) in [6, 6.07) is 0. The summed E-state index contributed by atoms with van der Waals surface area (Å²) >= 11 is 0. The molecule has 0 aliphatic heterocycles. The van der Waals surface area contributed by atoms with E-state index >= 15 is 0 Å². The minimum atomic E-state index is -2.46. The van der Waals surface area contributed by atoms with Crippen molar-refractivity contribution < 1.29 is 17.7 Å². The van der Waals surface area contributed by atoms with E-state index in [9.17, 15) is 0 Å². The fourth-order valence-corrected chi connectivity index (χ4v) is 12.9. The molecule has 0 rings (SSSR count). The molecule has 0 bridgehead atoms. The van der Waals surface area contributed by atoms with Gasteiger partial charge in [0.05, 0.1) is 11.2 Å². The third-order valence-electron chi connectivity index (χ3n) is 3.50. The molecule has 0 atom stereocenters. The standard InChI is InChI=1S/C19H44O4Si2/c1-11-13-15-20-24(9,21-16-14-12-2)17-25(10,22-18(3,4)5)23-19(6,7)8/h11-17H2,1-10H3. The van der Waals surface area contributed by atoms with Gasteiger partial charge in [0.15, 0.2) is 0 Å². The van der Waals surface area contributed by atoms with E-state index in [1.807, 2.05) is 0 Å². The maximum atomic E-state index is 6.50. The Morgan fingerprint density at radius 2 is 1.00 bits per heavy atom. The summed E-state index contributed by atoms with van der Waals surface area (Å²) in [6.07, 6.45) is 4.40. The third-order valence-corrected chi connectivity index (χ3v) is 12.4. The van der Waals surface area contributed by atoms with Crippen LogP contribution >= 0.6 is 0 Å². The Bertz CT molecular complexity index is 335. The van der Waals surface area contributed by atoms with Gasteiger partial charge in [0.25, 0.3) is 0 Å². The van der Waals surface area contributed by atoms with Crippen molar-refractivity contribution in [2.24, 2.45) is 0 Å². The molecular formula is C19H44O4Si2. The molecule has 0 radical (unpaired) electrons. The Morgan fingerprint density at radius 1 is 0.640 bits per heavy atom. The SMILES string of the molecule is CCCCO[Si](C)(C[Si](C)(OC(C)(C)C)OC(C)(C)C)OCCCC. The van der Waals surface area contributed by atoms with Crippen LogP contribution in [-0.2, 0) is 17.7 Å². The number of unbranched alkanes of at least 4 members (excludes halogenated alkanes) is 2. The molecule has 0 saturated carbocycles. The van der Waals surface area contributed by atoms with Crippen molar-refractivity contribution in [1.29, 1.82) is 0 Å². The maximum Gasteiger partial charge on any atom is 0.337 e. The third kappa shape index (κ3) is 13.1. The molecule has 25 heavy (non-hydrogen) atoms. The van der Waals surface area contributed by atoms with Gasteiger partial charge in [-0.1, -0.05) is 26.7 Å². The van der Waals surface area contributed by atoms with Gasteiger partial charge in [-0.15, -0.1) is 0 Å². The molecule has 0 aromatic rings. The summed E-state index contributed by atoms with van der Waals surface area (Å²) in [7, 11) is -4.81. The largest absolute Gasteiger partial charge is 0.394 e. The predicted molar refractivity (Wildman–Crippen MR) is 111 cm³/mol. The van der Waals surface area contributed by atoms with Crippen LogP contribution in [0.15, 0.2) is 0 Å². The Labute approximate surface area is 159 Å². The summed E-state index contributed by atoms with van der Waals surface area (Å²) in [4.78, 5) is 0. The zero-order chi connectivity index (χ0) is 19.8. The molecule has 0 aromatic carbocycles. The van der Waals surface area contributed by atoms with Crippen LogP contribution in [0.5, 0.6) is 0 Å². The van der Waals surface area contributed by atoms with E-state index < -0.39 is 17.1 Å². The first-order chi connectivity index (χ1) is 11.2. The van der Waals surface area contributed by atoms with Crippen LogP contribution in [0.3, 0.4) is 0 Å². The van der Waals surface area contributed by atoms with Crippen molar-refractivity contribution in [2.75, 3.05) is 13.2 Å². The monoisotopic (exact) mass is 392 g/mol. The van der Waals surface area contributed by atoms with E-state index in [-0.39, 0.29) is 11.2 Å². The molecule has 4 nitrogen and oxygen atoms in total. The lowest BCUT2D eigenvalue weighted by atomic mass is 10.2. The molecule has 0 N–H and O–H groups in total. The molecule has 0 heterocycles. The Kier molecular flexibility index (Phi) is 10.7. The minimum Gasteiger partial charge on any atom is -0.394 e. The fraction of sp³-hybridized carbons (Fsp3) is 1.00. The van der Waals surface area contributed by atoms with Crippen LogP contribution in [0.2, 0.25) is 18.8 Å². The van der Waals surface area contributed by atoms with E-state index in [4.69, 9.17) is 17.7 Å². The molecule has 0 aliphatic rings. The Hall–Kier alpha value is 0.274. The number of rotatable bonds is 12. The van der Waals surface area contributed by atoms with E-state index in [0.717, 1.165) is 44.6 Å². The summed E-state index contributed by atoms with van der Waals surface area (Å²) in [5, 5.41) is 0. The zero-order valence-corrected chi connectivity index (χ0v) is 20.6. The van der Waals surface area contributed by atoms with Gasteiger partial charge in [-0.2, -0.15) is 0 Å². The average Bonchev–Trinajstić information content (AvgIpc) is 2.33. The highest BCUT2D eigenvalue weighted by atomic mass is 28.4. The van der Waals surface area contributed by atoms with E-state index in [1.54, 1.807) is 0 Å². The molecule has 0 amide bonds. The second kappa shape index (κ2) is 10.6. The first-order valence-electron chi connectivity index (χ1n) is 9.92. The Morgan fingerprint density at radius 3 is 1.28 bits per heavy atom. The van der Waals surface area contributed by atoms with E-state index in [1.165, 1.54) is 0 Å². The van der Waals surface area contributed by atoms with Crippen LogP contribution < -0.4 is 0 Å². The van der Waals surface area contributed by atoms with Crippen LogP contribution in [0.1, 0.15) is 81.1 Å². The van der Waals surface area contributed by atoms with Gasteiger partial charge in [-0.05, 0) is 67.5 Å². The second-order valence-corrected chi connectivity index (χ2v) is 16.2. The Balaban J connectivity index is 5.31. The highest BCUT2D eigenvalue weighted by Crippen LogP contribution is 2.31. The van der Waals surface area contributed by atoms with Crippen molar-refractivity contribution >= 4 is 17.1 Å². The van der Waals surface area contributed by atoms with Gasteiger partial charge in [0, 0.05) is 18.9 Å². The van der Waals surface area contributed by atoms with Gasteiger partial charge >= 0.3 is 17.1 Å². The predicted octanol–water partition coefficient (Wildman–Crippen LogP) is 5.93. The smallest absolute Gasteiger partial charge is 0.337 e. The van der Waals surface area contributed by atoms with Gasteiger partial charge in [0.1, 0.15) is 0 Å². The lowest BCUT2D eigenvalue weighted by molar-refractivity contribution is 0.0179. The van der Waals surface area contributed by atoms with Crippen molar-refractivity contribution in [2.45, 2.75) is 111 Å². The number of hydrogen-bond acceptors (Lipinski definition) is 4. The molecule has 0 fully saturated rings. The van der Waals surface area contributed by atoms with E-state index in [2.05, 4.69) is 68.5 Å². The second-order valence-electron chi connectivity index (χ2n) is 9.28. The van der Waals surface area contributed by atoms with Crippen LogP contribution in [-0.4, -0.2) is 41.5 Å². The van der Waals surface area contributed by atoms with Crippen molar-refractivity contribution in [3.63, 3.8) is 0 Å². The highest BCUT2D eigenvalue weighted by Gasteiger charge is 2.49. The van der Waals surface area contributed by atoms with Crippen LogP contribution in [0.4, 0.5) is 0 Å². The summed E-state index contributed by atoms with van der Waals surface area (Å²) in [6.45, 7) is 22.8. The highest BCUT2D eigenvalue weighted by molar-refractivity contribution is 6.85.